The molecule has 2 heterocycles. The predicted molar refractivity (Wildman–Crippen MR) is 132 cm³/mol. The molecule has 2 aromatic heterocycles. The average Bonchev–Trinajstić information content (AvgIpc) is 3.08. The standard InChI is InChI=1S/C25H32N4O2S/c1-15(2)17-7-9-18(10-8-17)26-22(30)14-29-21(13-28(4)5)27-24-23(25(29)31)19-11-6-16(3)12-20(19)32-24/h7-10,15-16H,6,11-14H2,1-5H3,(H,26,30). The third-order valence-electron chi connectivity index (χ3n) is 6.11. The van der Waals surface area contributed by atoms with E-state index < -0.39 is 0 Å². The molecule has 4 rings (SSSR count). The Morgan fingerprint density at radius 1 is 1.28 bits per heavy atom. The number of nitrogens with zero attached hydrogens (tertiary/aromatic N) is 3. The zero-order valence-electron chi connectivity index (χ0n) is 19.6. The molecule has 3 aromatic rings. The Morgan fingerprint density at radius 2 is 2.00 bits per heavy atom. The number of carbonyl (C=O) groups is 1. The van der Waals surface area contributed by atoms with Crippen molar-refractivity contribution in [3.8, 4) is 0 Å². The highest BCUT2D eigenvalue weighted by molar-refractivity contribution is 7.18. The quantitative estimate of drug-likeness (QED) is 0.602. The van der Waals surface area contributed by atoms with Crippen LogP contribution in [0.2, 0.25) is 0 Å². The summed E-state index contributed by atoms with van der Waals surface area (Å²) >= 11 is 1.65. The lowest BCUT2D eigenvalue weighted by molar-refractivity contribution is -0.116. The predicted octanol–water partition coefficient (Wildman–Crippen LogP) is 4.41. The number of hydrogen-bond acceptors (Lipinski definition) is 5. The lowest BCUT2D eigenvalue weighted by atomic mass is 9.89. The number of fused-ring (bicyclic) bond motifs is 3. The van der Waals surface area contributed by atoms with Crippen molar-refractivity contribution in [3.05, 3.63) is 56.4 Å². The maximum Gasteiger partial charge on any atom is 0.263 e. The molecule has 0 aliphatic heterocycles. The maximum atomic E-state index is 13.6. The molecular formula is C25H32N4O2S. The van der Waals surface area contributed by atoms with Crippen molar-refractivity contribution in [2.75, 3.05) is 19.4 Å². The molecule has 0 saturated heterocycles. The van der Waals surface area contributed by atoms with Crippen LogP contribution in [0.5, 0.6) is 0 Å². The van der Waals surface area contributed by atoms with Crippen molar-refractivity contribution in [3.63, 3.8) is 0 Å². The summed E-state index contributed by atoms with van der Waals surface area (Å²) in [5.41, 5.74) is 3.01. The Hall–Kier alpha value is -2.51. The van der Waals surface area contributed by atoms with Gasteiger partial charge in [0.2, 0.25) is 5.91 Å². The highest BCUT2D eigenvalue weighted by Crippen LogP contribution is 2.35. The molecule has 7 heteroatoms. The minimum atomic E-state index is -0.219. The van der Waals surface area contributed by atoms with Crippen LogP contribution in [0, 0.1) is 5.92 Å². The van der Waals surface area contributed by atoms with Gasteiger partial charge in [0.15, 0.2) is 0 Å². The summed E-state index contributed by atoms with van der Waals surface area (Å²) in [7, 11) is 3.89. The first-order chi connectivity index (χ1) is 15.2. The van der Waals surface area contributed by atoms with Crippen LogP contribution < -0.4 is 10.9 Å². The van der Waals surface area contributed by atoms with Crippen molar-refractivity contribution >= 4 is 33.1 Å². The number of aryl methyl sites for hydroxylation is 1. The number of thiophene rings is 1. The number of amides is 1. The number of rotatable bonds is 6. The Bertz CT molecular complexity index is 1190. The monoisotopic (exact) mass is 452 g/mol. The summed E-state index contributed by atoms with van der Waals surface area (Å²) < 4.78 is 1.56. The summed E-state index contributed by atoms with van der Waals surface area (Å²) in [6.45, 7) is 6.99. The second-order valence-corrected chi connectivity index (χ2v) is 10.6. The van der Waals surface area contributed by atoms with Crippen molar-refractivity contribution in [2.24, 2.45) is 5.92 Å². The van der Waals surface area contributed by atoms with E-state index >= 15 is 0 Å². The molecule has 6 nitrogen and oxygen atoms in total. The van der Waals surface area contributed by atoms with Gasteiger partial charge in [-0.1, -0.05) is 32.9 Å². The van der Waals surface area contributed by atoms with Gasteiger partial charge >= 0.3 is 0 Å². The molecule has 0 spiro atoms. The molecule has 32 heavy (non-hydrogen) atoms. The van der Waals surface area contributed by atoms with Gasteiger partial charge in [0.25, 0.3) is 5.56 Å². The lowest BCUT2D eigenvalue weighted by Crippen LogP contribution is -2.33. The molecular weight excluding hydrogens is 420 g/mol. The van der Waals surface area contributed by atoms with E-state index in [4.69, 9.17) is 4.98 Å². The largest absolute Gasteiger partial charge is 0.325 e. The van der Waals surface area contributed by atoms with Crippen molar-refractivity contribution in [1.29, 1.82) is 0 Å². The Labute approximate surface area is 193 Å². The van der Waals surface area contributed by atoms with Crippen LogP contribution in [-0.2, 0) is 30.7 Å². The highest BCUT2D eigenvalue weighted by atomic mass is 32.1. The molecule has 1 unspecified atom stereocenters. The van der Waals surface area contributed by atoms with E-state index in [1.807, 2.05) is 43.3 Å². The normalized spacial score (nSPS) is 16.0. The van der Waals surface area contributed by atoms with Crippen LogP contribution in [0.3, 0.4) is 0 Å². The van der Waals surface area contributed by atoms with Gasteiger partial charge in [0, 0.05) is 10.6 Å². The van der Waals surface area contributed by atoms with Gasteiger partial charge in [-0.2, -0.15) is 0 Å². The van der Waals surface area contributed by atoms with E-state index in [0.29, 0.717) is 29.6 Å². The molecule has 0 radical (unpaired) electrons. The van der Waals surface area contributed by atoms with Gasteiger partial charge < -0.3 is 10.2 Å². The van der Waals surface area contributed by atoms with Crippen LogP contribution in [-0.4, -0.2) is 34.5 Å². The second-order valence-electron chi connectivity index (χ2n) is 9.51. The summed E-state index contributed by atoms with van der Waals surface area (Å²) in [6, 6.07) is 7.87. The van der Waals surface area contributed by atoms with Crippen LogP contribution in [0.15, 0.2) is 29.1 Å². The van der Waals surface area contributed by atoms with Gasteiger partial charge in [0.05, 0.1) is 11.9 Å². The minimum absolute atomic E-state index is 0.0437. The molecule has 1 aliphatic carbocycles. The zero-order chi connectivity index (χ0) is 23.0. The first-order valence-electron chi connectivity index (χ1n) is 11.3. The molecule has 1 aliphatic rings. The van der Waals surface area contributed by atoms with Crippen molar-refractivity contribution < 1.29 is 4.79 Å². The molecule has 0 bridgehead atoms. The first-order valence-corrected chi connectivity index (χ1v) is 12.1. The summed E-state index contributed by atoms with van der Waals surface area (Å²) in [5, 5.41) is 3.65. The molecule has 0 saturated carbocycles. The number of aromatic nitrogens is 2. The lowest BCUT2D eigenvalue weighted by Gasteiger charge is -2.18. The van der Waals surface area contributed by atoms with Crippen LogP contribution in [0.25, 0.3) is 10.2 Å². The van der Waals surface area contributed by atoms with E-state index in [9.17, 15) is 9.59 Å². The first kappa shape index (κ1) is 22.7. The Kier molecular flexibility index (Phi) is 6.49. The van der Waals surface area contributed by atoms with Crippen molar-refractivity contribution in [1.82, 2.24) is 14.5 Å². The number of hydrogen-bond donors (Lipinski definition) is 1. The molecule has 1 N–H and O–H groups in total. The number of carbonyl (C=O) groups excluding carboxylic acids is 1. The number of benzene rings is 1. The van der Waals surface area contributed by atoms with E-state index in [-0.39, 0.29) is 18.0 Å². The smallest absolute Gasteiger partial charge is 0.263 e. The van der Waals surface area contributed by atoms with Gasteiger partial charge in [-0.05, 0) is 68.5 Å². The average molecular weight is 453 g/mol. The highest BCUT2D eigenvalue weighted by Gasteiger charge is 2.25. The van der Waals surface area contributed by atoms with Crippen molar-refractivity contribution in [2.45, 2.75) is 59.0 Å². The van der Waals surface area contributed by atoms with E-state index in [0.717, 1.165) is 35.3 Å². The number of anilines is 1. The summed E-state index contributed by atoms with van der Waals surface area (Å²) in [4.78, 5) is 35.4. The maximum absolute atomic E-state index is 13.6. The fourth-order valence-electron chi connectivity index (χ4n) is 4.33. The SMILES string of the molecule is CC1CCc2c(sc3nc(CN(C)C)n(CC(=O)Nc4ccc(C(C)C)cc4)c(=O)c23)C1. The fourth-order valence-corrected chi connectivity index (χ4v) is 5.72. The molecule has 1 atom stereocenters. The van der Waals surface area contributed by atoms with E-state index in [1.165, 1.54) is 10.4 Å². The van der Waals surface area contributed by atoms with Crippen LogP contribution in [0.4, 0.5) is 5.69 Å². The molecule has 1 amide bonds. The Balaban J connectivity index is 1.67. The van der Waals surface area contributed by atoms with Gasteiger partial charge in [-0.3, -0.25) is 14.2 Å². The molecule has 0 fully saturated rings. The summed E-state index contributed by atoms with van der Waals surface area (Å²) in [6.07, 6.45) is 3.01. The second kappa shape index (κ2) is 9.16. The minimum Gasteiger partial charge on any atom is -0.325 e. The number of nitrogens with one attached hydrogen (secondary N) is 1. The van der Waals surface area contributed by atoms with Gasteiger partial charge in [-0.25, -0.2) is 4.98 Å². The van der Waals surface area contributed by atoms with E-state index in [1.54, 1.807) is 15.9 Å². The third kappa shape index (κ3) is 4.64. The topological polar surface area (TPSA) is 67.2 Å². The third-order valence-corrected chi connectivity index (χ3v) is 7.26. The van der Waals surface area contributed by atoms with Gasteiger partial charge in [0.1, 0.15) is 17.2 Å². The Morgan fingerprint density at radius 3 is 2.66 bits per heavy atom. The summed E-state index contributed by atoms with van der Waals surface area (Å²) in [5.74, 6) is 1.48. The van der Waals surface area contributed by atoms with Gasteiger partial charge in [-0.15, -0.1) is 11.3 Å². The zero-order valence-corrected chi connectivity index (χ0v) is 20.4. The molecule has 170 valence electrons. The van der Waals surface area contributed by atoms with Crippen LogP contribution >= 0.6 is 11.3 Å². The fraction of sp³-hybridized carbons (Fsp3) is 0.480. The van der Waals surface area contributed by atoms with Crippen LogP contribution in [0.1, 0.15) is 54.9 Å². The molecule has 1 aromatic carbocycles. The van der Waals surface area contributed by atoms with E-state index in [2.05, 4.69) is 26.1 Å².